The predicted molar refractivity (Wildman–Crippen MR) is 109 cm³/mol. The summed E-state index contributed by atoms with van der Waals surface area (Å²) in [6.07, 6.45) is 9.43. The number of rotatable bonds is 8. The Morgan fingerprint density at radius 2 is 1.76 bits per heavy atom. The van der Waals surface area contributed by atoms with Crippen LogP contribution < -0.4 is 5.32 Å². The summed E-state index contributed by atoms with van der Waals surface area (Å²) in [6, 6.07) is 5.64. The molecule has 7 nitrogen and oxygen atoms in total. The molecule has 0 bridgehead atoms. The fraction of sp³-hybridized carbons (Fsp3) is 0.524. The Balaban J connectivity index is 1.44. The molecule has 1 aromatic carbocycles. The Bertz CT molecular complexity index is 856. The summed E-state index contributed by atoms with van der Waals surface area (Å²) in [7, 11) is -3.51. The van der Waals surface area contributed by atoms with Crippen molar-refractivity contribution in [2.45, 2.75) is 49.8 Å². The first-order valence-corrected chi connectivity index (χ1v) is 11.6. The number of benzene rings is 1. The number of hydrogen-bond donors (Lipinski definition) is 1. The summed E-state index contributed by atoms with van der Waals surface area (Å²) < 4.78 is 31.5. The summed E-state index contributed by atoms with van der Waals surface area (Å²) in [6.45, 7) is 1.23. The van der Waals surface area contributed by atoms with E-state index in [1.54, 1.807) is 0 Å². The molecule has 1 amide bonds. The molecule has 0 unspecified atom stereocenters. The lowest BCUT2D eigenvalue weighted by molar-refractivity contribution is -0.124. The zero-order valence-electron chi connectivity index (χ0n) is 16.6. The van der Waals surface area contributed by atoms with E-state index in [-0.39, 0.29) is 23.0 Å². The summed E-state index contributed by atoms with van der Waals surface area (Å²) in [4.78, 5) is 24.1. The minimum absolute atomic E-state index is 0.158. The van der Waals surface area contributed by atoms with Gasteiger partial charge in [-0.3, -0.25) is 4.79 Å². The smallest absolute Gasteiger partial charge is 0.338 e. The van der Waals surface area contributed by atoms with E-state index in [1.165, 1.54) is 47.0 Å². The lowest BCUT2D eigenvalue weighted by Gasteiger charge is -2.15. The van der Waals surface area contributed by atoms with Gasteiger partial charge < -0.3 is 10.1 Å². The lowest BCUT2D eigenvalue weighted by Crippen LogP contribution is -2.30. The maximum Gasteiger partial charge on any atom is 0.338 e. The minimum atomic E-state index is -3.51. The molecule has 0 spiro atoms. The highest BCUT2D eigenvalue weighted by Gasteiger charge is 2.27. The first kappa shape index (κ1) is 21.5. The molecule has 0 radical (unpaired) electrons. The molecule has 2 aliphatic rings. The molecule has 1 fully saturated rings. The van der Waals surface area contributed by atoms with Crippen LogP contribution in [-0.2, 0) is 19.6 Å². The van der Waals surface area contributed by atoms with E-state index in [9.17, 15) is 18.0 Å². The quantitative estimate of drug-likeness (QED) is 0.516. The standard InChI is InChI=1S/C21H28N2O5S/c24-20(22-13-12-17-6-2-1-3-7-17)16-28-21(25)18-8-10-19(11-9-18)29(26,27)23-14-4-5-15-23/h6,8-11H,1-5,7,12-16H2,(H,22,24). The van der Waals surface area contributed by atoms with Crippen LogP contribution in [0.3, 0.4) is 0 Å². The maximum atomic E-state index is 12.5. The van der Waals surface area contributed by atoms with E-state index >= 15 is 0 Å². The third-order valence-electron chi connectivity index (χ3n) is 5.28. The van der Waals surface area contributed by atoms with Gasteiger partial charge in [-0.05, 0) is 69.2 Å². The average molecular weight is 421 g/mol. The molecule has 0 saturated carbocycles. The fourth-order valence-corrected chi connectivity index (χ4v) is 5.12. The monoisotopic (exact) mass is 420 g/mol. The van der Waals surface area contributed by atoms with E-state index in [0.29, 0.717) is 19.6 Å². The van der Waals surface area contributed by atoms with Crippen molar-refractivity contribution in [1.82, 2.24) is 9.62 Å². The van der Waals surface area contributed by atoms with Crippen LogP contribution in [0.25, 0.3) is 0 Å². The second-order valence-electron chi connectivity index (χ2n) is 7.42. The second-order valence-corrected chi connectivity index (χ2v) is 9.36. The molecule has 1 saturated heterocycles. The van der Waals surface area contributed by atoms with Crippen molar-refractivity contribution in [3.05, 3.63) is 41.5 Å². The van der Waals surface area contributed by atoms with Crippen molar-refractivity contribution in [1.29, 1.82) is 0 Å². The van der Waals surface area contributed by atoms with Gasteiger partial charge in [-0.15, -0.1) is 0 Å². The van der Waals surface area contributed by atoms with Gasteiger partial charge in [-0.1, -0.05) is 11.6 Å². The van der Waals surface area contributed by atoms with Crippen molar-refractivity contribution in [2.24, 2.45) is 0 Å². The predicted octanol–water partition coefficient (Wildman–Crippen LogP) is 2.63. The molecule has 1 aliphatic heterocycles. The van der Waals surface area contributed by atoms with Gasteiger partial charge in [0.2, 0.25) is 10.0 Å². The number of carbonyl (C=O) groups is 2. The first-order chi connectivity index (χ1) is 14.0. The fourth-order valence-electron chi connectivity index (χ4n) is 3.60. The Kier molecular flexibility index (Phi) is 7.44. The van der Waals surface area contributed by atoms with Gasteiger partial charge in [-0.25, -0.2) is 13.2 Å². The normalized spacial score (nSPS) is 17.6. The highest BCUT2D eigenvalue weighted by atomic mass is 32.2. The van der Waals surface area contributed by atoms with Crippen LogP contribution in [0, 0.1) is 0 Å². The van der Waals surface area contributed by atoms with E-state index in [2.05, 4.69) is 11.4 Å². The molecule has 158 valence electrons. The number of amides is 1. The van der Waals surface area contributed by atoms with Crippen LogP contribution in [0.15, 0.2) is 40.8 Å². The summed E-state index contributed by atoms with van der Waals surface area (Å²) in [5.74, 6) is -0.997. The first-order valence-electron chi connectivity index (χ1n) is 10.2. The second kappa shape index (κ2) is 10.0. The van der Waals surface area contributed by atoms with Crippen LogP contribution in [0.1, 0.15) is 55.3 Å². The van der Waals surface area contributed by atoms with Gasteiger partial charge in [-0.2, -0.15) is 4.31 Å². The van der Waals surface area contributed by atoms with Crippen molar-refractivity contribution < 1.29 is 22.7 Å². The van der Waals surface area contributed by atoms with Crippen molar-refractivity contribution >= 4 is 21.9 Å². The molecule has 0 aromatic heterocycles. The highest BCUT2D eigenvalue weighted by Crippen LogP contribution is 2.21. The number of esters is 1. The summed E-state index contributed by atoms with van der Waals surface area (Å²) in [5, 5.41) is 2.76. The summed E-state index contributed by atoms with van der Waals surface area (Å²) in [5.41, 5.74) is 1.59. The molecule has 29 heavy (non-hydrogen) atoms. The number of hydrogen-bond acceptors (Lipinski definition) is 5. The highest BCUT2D eigenvalue weighted by molar-refractivity contribution is 7.89. The molecule has 1 aromatic rings. The largest absolute Gasteiger partial charge is 0.452 e. The van der Waals surface area contributed by atoms with Crippen LogP contribution in [0.2, 0.25) is 0 Å². The molecule has 1 heterocycles. The topological polar surface area (TPSA) is 92.8 Å². The Morgan fingerprint density at radius 1 is 1.03 bits per heavy atom. The zero-order valence-corrected chi connectivity index (χ0v) is 17.4. The van der Waals surface area contributed by atoms with Crippen molar-refractivity contribution in [3.8, 4) is 0 Å². The van der Waals surface area contributed by atoms with Crippen LogP contribution in [0.5, 0.6) is 0 Å². The van der Waals surface area contributed by atoms with Gasteiger partial charge in [0.15, 0.2) is 6.61 Å². The molecule has 8 heteroatoms. The Hall–Kier alpha value is -2.19. The Labute approximate surface area is 172 Å². The van der Waals surface area contributed by atoms with Gasteiger partial charge in [0.1, 0.15) is 0 Å². The molecule has 1 aliphatic carbocycles. The van der Waals surface area contributed by atoms with Crippen molar-refractivity contribution in [3.63, 3.8) is 0 Å². The van der Waals surface area contributed by atoms with E-state index in [1.807, 2.05) is 0 Å². The van der Waals surface area contributed by atoms with E-state index in [4.69, 9.17) is 4.74 Å². The van der Waals surface area contributed by atoms with Crippen LogP contribution in [0.4, 0.5) is 0 Å². The minimum Gasteiger partial charge on any atom is -0.452 e. The molecular formula is C21H28N2O5S. The molecule has 3 rings (SSSR count). The number of nitrogens with zero attached hydrogens (tertiary/aromatic N) is 1. The van der Waals surface area contributed by atoms with Gasteiger partial charge >= 0.3 is 5.97 Å². The number of ether oxygens (including phenoxy) is 1. The number of nitrogens with one attached hydrogen (secondary N) is 1. The zero-order chi connectivity index (χ0) is 20.7. The average Bonchev–Trinajstić information content (AvgIpc) is 3.29. The third kappa shape index (κ3) is 5.90. The van der Waals surface area contributed by atoms with Crippen LogP contribution >= 0.6 is 0 Å². The van der Waals surface area contributed by atoms with Crippen LogP contribution in [-0.4, -0.2) is 50.8 Å². The number of carbonyl (C=O) groups excluding carboxylic acids is 2. The lowest BCUT2D eigenvalue weighted by atomic mass is 9.97. The Morgan fingerprint density at radius 3 is 2.41 bits per heavy atom. The van der Waals surface area contributed by atoms with E-state index in [0.717, 1.165) is 32.1 Å². The molecular weight excluding hydrogens is 392 g/mol. The van der Waals surface area contributed by atoms with Gasteiger partial charge in [0.05, 0.1) is 10.5 Å². The van der Waals surface area contributed by atoms with E-state index < -0.39 is 16.0 Å². The van der Waals surface area contributed by atoms with Gasteiger partial charge in [0.25, 0.3) is 5.91 Å². The molecule has 0 atom stereocenters. The number of allylic oxidation sites excluding steroid dienone is 1. The maximum absolute atomic E-state index is 12.5. The molecule has 1 N–H and O–H groups in total. The third-order valence-corrected chi connectivity index (χ3v) is 7.19. The number of sulfonamides is 1. The van der Waals surface area contributed by atoms with Gasteiger partial charge in [0, 0.05) is 19.6 Å². The SMILES string of the molecule is O=C(COC(=O)c1ccc(S(=O)(=O)N2CCCC2)cc1)NCCC1=CCCCC1. The van der Waals surface area contributed by atoms with Crippen molar-refractivity contribution in [2.75, 3.05) is 26.2 Å². The summed E-state index contributed by atoms with van der Waals surface area (Å²) >= 11 is 0.